The van der Waals surface area contributed by atoms with Crippen molar-refractivity contribution in [1.29, 1.82) is 0 Å². The van der Waals surface area contributed by atoms with E-state index < -0.39 is 14.7 Å². The van der Waals surface area contributed by atoms with Gasteiger partial charge in [-0.05, 0) is 13.8 Å². The molecule has 0 bridgehead atoms. The lowest BCUT2D eigenvalue weighted by Crippen LogP contribution is -2.07. The predicted molar refractivity (Wildman–Crippen MR) is 41.1 cm³/mol. The first-order valence-corrected chi connectivity index (χ1v) is 4.69. The van der Waals surface area contributed by atoms with Gasteiger partial charge in [0.05, 0.1) is 25.4 Å². The van der Waals surface area contributed by atoms with Crippen molar-refractivity contribution in [3.8, 4) is 0 Å². The molecule has 4 nitrogen and oxygen atoms in total. The summed E-state index contributed by atoms with van der Waals surface area (Å²) in [5.74, 6) is 0. The fourth-order valence-corrected chi connectivity index (χ4v) is 1.83. The van der Waals surface area contributed by atoms with Crippen LogP contribution in [0.5, 0.6) is 0 Å². The number of aliphatic hydroxyl groups excluding tert-OH is 1. The second kappa shape index (κ2) is 4.33. The summed E-state index contributed by atoms with van der Waals surface area (Å²) in [6.45, 7) is 4.45. The van der Waals surface area contributed by atoms with Crippen LogP contribution in [-0.4, -0.2) is 30.5 Å². The van der Waals surface area contributed by atoms with Crippen LogP contribution in [0.1, 0.15) is 13.8 Å². The Morgan fingerprint density at radius 2 is 2.55 bits per heavy atom. The Hall–Kier alpha value is 0.270. The highest BCUT2D eigenvalue weighted by Crippen LogP contribution is 2.45. The van der Waals surface area contributed by atoms with Gasteiger partial charge in [0, 0.05) is 0 Å². The largest absolute Gasteiger partial charge is 0.391 e. The average Bonchev–Trinajstić information content (AvgIpc) is 2.31. The first kappa shape index (κ1) is 9.36. The van der Waals surface area contributed by atoms with E-state index >= 15 is 0 Å². The van der Waals surface area contributed by atoms with E-state index in [1.807, 2.05) is 6.92 Å². The Kier molecular flexibility index (Phi) is 3.69. The summed E-state index contributed by atoms with van der Waals surface area (Å²) in [5.41, 5.74) is 0. The summed E-state index contributed by atoms with van der Waals surface area (Å²) in [6, 6.07) is 0. The smallest absolute Gasteiger partial charge is 0.333 e. The second-order valence-corrected chi connectivity index (χ2v) is 3.75. The van der Waals surface area contributed by atoms with E-state index in [0.29, 0.717) is 6.61 Å². The first-order chi connectivity index (χ1) is 5.18. The molecular weight excluding hydrogens is 167 g/mol. The summed E-state index contributed by atoms with van der Waals surface area (Å²) < 4.78 is 15.5. The molecule has 3 atom stereocenters. The van der Waals surface area contributed by atoms with Crippen molar-refractivity contribution in [3.05, 3.63) is 0 Å². The van der Waals surface area contributed by atoms with Crippen LogP contribution in [0.25, 0.3) is 0 Å². The quantitative estimate of drug-likeness (QED) is 0.659. The van der Waals surface area contributed by atoms with Gasteiger partial charge in [0.1, 0.15) is 0 Å². The van der Waals surface area contributed by atoms with E-state index in [4.69, 9.17) is 18.7 Å². The molecule has 66 valence electrons. The molecule has 0 amide bonds. The maximum absolute atomic E-state index is 8.85. The second-order valence-electron chi connectivity index (χ2n) is 2.58. The van der Waals surface area contributed by atoms with E-state index in [2.05, 4.69) is 0 Å². The Morgan fingerprint density at radius 1 is 1.82 bits per heavy atom. The zero-order valence-electron chi connectivity index (χ0n) is 6.69. The Balaban J connectivity index is 2.08. The number of aliphatic hydroxyl groups is 1. The third-order valence-corrected chi connectivity index (χ3v) is 2.35. The third kappa shape index (κ3) is 3.45. The minimum Gasteiger partial charge on any atom is -0.391 e. The third-order valence-electron chi connectivity index (χ3n) is 1.10. The molecule has 0 aromatic heterocycles. The van der Waals surface area contributed by atoms with E-state index in [1.165, 1.54) is 0 Å². The lowest BCUT2D eigenvalue weighted by Gasteiger charge is -2.09. The van der Waals surface area contributed by atoms with Crippen molar-refractivity contribution in [2.24, 2.45) is 0 Å². The van der Waals surface area contributed by atoms with E-state index in [-0.39, 0.29) is 12.7 Å². The van der Waals surface area contributed by atoms with Crippen LogP contribution in [0.3, 0.4) is 0 Å². The molecule has 1 N–H and O–H groups in total. The molecule has 1 aliphatic rings. The number of hydrogen-bond donors (Lipinski definition) is 1. The molecule has 1 aliphatic heterocycles. The Bertz CT molecular complexity index is 119. The monoisotopic (exact) mass is 180 g/mol. The topological polar surface area (TPSA) is 47.9 Å². The van der Waals surface area contributed by atoms with Gasteiger partial charge in [-0.15, -0.1) is 0 Å². The molecular formula is C6H13O4P. The van der Waals surface area contributed by atoms with Crippen LogP contribution in [0.2, 0.25) is 0 Å². The molecule has 0 aliphatic carbocycles. The molecule has 0 saturated carbocycles. The molecule has 5 heteroatoms. The van der Waals surface area contributed by atoms with Gasteiger partial charge < -0.3 is 18.7 Å². The molecule has 1 saturated heterocycles. The van der Waals surface area contributed by atoms with E-state index in [1.54, 1.807) is 6.92 Å². The van der Waals surface area contributed by atoms with Gasteiger partial charge in [0.2, 0.25) is 0 Å². The van der Waals surface area contributed by atoms with E-state index in [0.717, 1.165) is 0 Å². The van der Waals surface area contributed by atoms with Gasteiger partial charge in [-0.25, -0.2) is 0 Å². The Labute approximate surface area is 67.5 Å². The summed E-state index contributed by atoms with van der Waals surface area (Å²) in [6.07, 6.45) is -0.337. The van der Waals surface area contributed by atoms with Gasteiger partial charge in [-0.1, -0.05) is 0 Å². The van der Waals surface area contributed by atoms with Crippen molar-refractivity contribution in [2.75, 3.05) is 13.2 Å². The molecule has 1 fully saturated rings. The normalized spacial score (nSPS) is 34.1. The summed E-state index contributed by atoms with van der Waals surface area (Å²) in [5, 5.41) is 8.85. The molecule has 1 unspecified atom stereocenters. The van der Waals surface area contributed by atoms with Crippen LogP contribution >= 0.6 is 8.60 Å². The molecule has 11 heavy (non-hydrogen) atoms. The lowest BCUT2D eigenvalue weighted by molar-refractivity contribution is 0.110. The molecule has 0 aromatic rings. The first-order valence-electron chi connectivity index (χ1n) is 3.59. The van der Waals surface area contributed by atoms with Crippen LogP contribution in [-0.2, 0) is 13.6 Å². The van der Waals surface area contributed by atoms with Crippen LogP contribution in [0.15, 0.2) is 0 Å². The molecule has 0 aromatic carbocycles. The van der Waals surface area contributed by atoms with Crippen molar-refractivity contribution < 1.29 is 18.7 Å². The maximum atomic E-state index is 8.85. The standard InChI is InChI=1S/C6H13O4P/c1-5(7)3-8-11-9-4-6(2)10-11/h5-7H,3-4H2,1-2H3/t5-,6-,11?/m0/s1. The van der Waals surface area contributed by atoms with Crippen LogP contribution in [0.4, 0.5) is 0 Å². The predicted octanol–water partition coefficient (Wildman–Crippen LogP) is 1.05. The highest BCUT2D eigenvalue weighted by molar-refractivity contribution is 7.41. The summed E-state index contributed by atoms with van der Waals surface area (Å²) in [7, 11) is -1.18. The molecule has 1 heterocycles. The van der Waals surface area contributed by atoms with Crippen LogP contribution in [0, 0.1) is 0 Å². The lowest BCUT2D eigenvalue weighted by atomic mass is 10.5. The van der Waals surface area contributed by atoms with E-state index in [9.17, 15) is 0 Å². The fourth-order valence-electron chi connectivity index (χ4n) is 0.610. The maximum Gasteiger partial charge on any atom is 0.333 e. The molecule has 0 spiro atoms. The zero-order chi connectivity index (χ0) is 8.27. The average molecular weight is 180 g/mol. The van der Waals surface area contributed by atoms with Gasteiger partial charge in [0.25, 0.3) is 0 Å². The van der Waals surface area contributed by atoms with Gasteiger partial charge in [-0.3, -0.25) is 0 Å². The summed E-state index contributed by atoms with van der Waals surface area (Å²) in [4.78, 5) is 0. The highest BCUT2D eigenvalue weighted by atomic mass is 31.2. The van der Waals surface area contributed by atoms with Crippen molar-refractivity contribution >= 4 is 8.60 Å². The van der Waals surface area contributed by atoms with Crippen molar-refractivity contribution in [3.63, 3.8) is 0 Å². The zero-order valence-corrected chi connectivity index (χ0v) is 7.58. The highest BCUT2D eigenvalue weighted by Gasteiger charge is 2.25. The van der Waals surface area contributed by atoms with Gasteiger partial charge >= 0.3 is 8.60 Å². The molecule has 1 rings (SSSR count). The minimum absolute atomic E-state index is 0.120. The van der Waals surface area contributed by atoms with Gasteiger partial charge in [0.15, 0.2) is 0 Å². The van der Waals surface area contributed by atoms with Gasteiger partial charge in [-0.2, -0.15) is 0 Å². The number of hydrogen-bond acceptors (Lipinski definition) is 4. The Morgan fingerprint density at radius 3 is 3.00 bits per heavy atom. The minimum atomic E-state index is -1.18. The van der Waals surface area contributed by atoms with Crippen molar-refractivity contribution in [1.82, 2.24) is 0 Å². The van der Waals surface area contributed by atoms with Crippen LogP contribution < -0.4 is 0 Å². The summed E-state index contributed by atoms with van der Waals surface area (Å²) >= 11 is 0. The SMILES string of the molecule is C[C@H](O)COP1OC[C@H](C)O1. The molecule has 0 radical (unpaired) electrons. The van der Waals surface area contributed by atoms with Crippen molar-refractivity contribution in [2.45, 2.75) is 26.1 Å². The number of rotatable bonds is 3. The fraction of sp³-hybridized carbons (Fsp3) is 1.00.